The smallest absolute Gasteiger partial charge is 0.387 e. The minimum atomic E-state index is -2.92. The van der Waals surface area contributed by atoms with Gasteiger partial charge in [0.15, 0.2) is 11.6 Å². The average Bonchev–Trinajstić information content (AvgIpc) is 3.18. The first-order chi connectivity index (χ1) is 15.0. The molecule has 8 nitrogen and oxygen atoms in total. The molecule has 1 aliphatic carbocycles. The fourth-order valence-corrected chi connectivity index (χ4v) is 3.47. The van der Waals surface area contributed by atoms with Gasteiger partial charge in [0.1, 0.15) is 5.82 Å². The summed E-state index contributed by atoms with van der Waals surface area (Å²) in [6, 6.07) is 6.27. The van der Waals surface area contributed by atoms with Gasteiger partial charge in [0.25, 0.3) is 5.56 Å². The Labute approximate surface area is 175 Å². The number of halogens is 3. The van der Waals surface area contributed by atoms with Crippen LogP contribution < -0.4 is 20.9 Å². The van der Waals surface area contributed by atoms with E-state index in [1.54, 1.807) is 12.1 Å². The number of ether oxygens (including phenoxy) is 1. The van der Waals surface area contributed by atoms with Gasteiger partial charge in [0.2, 0.25) is 5.95 Å². The van der Waals surface area contributed by atoms with Crippen molar-refractivity contribution in [1.82, 2.24) is 19.5 Å². The largest absolute Gasteiger partial charge is 0.432 e. The van der Waals surface area contributed by atoms with Gasteiger partial charge in [-0.05, 0) is 43.5 Å². The van der Waals surface area contributed by atoms with Crippen LogP contribution in [-0.4, -0.2) is 38.2 Å². The number of nitrogens with zero attached hydrogens (tertiary/aromatic N) is 4. The molecule has 0 radical (unpaired) electrons. The third kappa shape index (κ3) is 5.11. The van der Waals surface area contributed by atoms with Gasteiger partial charge in [0.05, 0.1) is 24.3 Å². The van der Waals surface area contributed by atoms with Crippen LogP contribution in [0.2, 0.25) is 0 Å². The lowest BCUT2D eigenvalue weighted by Crippen LogP contribution is -2.22. The Balaban J connectivity index is 1.32. The van der Waals surface area contributed by atoms with Crippen LogP contribution in [0.5, 0.6) is 5.75 Å². The molecule has 31 heavy (non-hydrogen) atoms. The predicted molar refractivity (Wildman–Crippen MR) is 107 cm³/mol. The number of anilines is 2. The molecule has 1 saturated carbocycles. The van der Waals surface area contributed by atoms with Crippen LogP contribution in [-0.2, 0) is 0 Å². The highest BCUT2D eigenvalue weighted by atomic mass is 19.3. The monoisotopic (exact) mass is 432 g/mol. The van der Waals surface area contributed by atoms with Crippen LogP contribution >= 0.6 is 0 Å². The van der Waals surface area contributed by atoms with E-state index in [1.165, 1.54) is 35.4 Å². The van der Waals surface area contributed by atoms with E-state index < -0.39 is 18.0 Å². The third-order valence-corrected chi connectivity index (χ3v) is 4.90. The molecule has 4 rings (SSSR count). The summed E-state index contributed by atoms with van der Waals surface area (Å²) in [5.41, 5.74) is -0.261. The van der Waals surface area contributed by atoms with Gasteiger partial charge in [-0.3, -0.25) is 9.36 Å². The van der Waals surface area contributed by atoms with Crippen molar-refractivity contribution < 1.29 is 17.9 Å². The molecule has 0 unspecified atom stereocenters. The highest BCUT2D eigenvalue weighted by Gasteiger charge is 2.25. The number of nitrogens with one attached hydrogen (secondary N) is 2. The van der Waals surface area contributed by atoms with Crippen molar-refractivity contribution in [3.05, 3.63) is 65.2 Å². The van der Waals surface area contributed by atoms with Crippen molar-refractivity contribution in [2.45, 2.75) is 38.0 Å². The molecule has 0 aromatic carbocycles. The molecule has 0 saturated heterocycles. The molecule has 11 heteroatoms. The molecule has 3 aromatic rings. The number of pyridine rings is 2. The first-order valence-electron chi connectivity index (χ1n) is 9.61. The van der Waals surface area contributed by atoms with Gasteiger partial charge in [-0.2, -0.15) is 8.78 Å². The fourth-order valence-electron chi connectivity index (χ4n) is 3.47. The van der Waals surface area contributed by atoms with Crippen LogP contribution in [0, 0.1) is 5.82 Å². The second-order valence-corrected chi connectivity index (χ2v) is 7.05. The first kappa shape index (κ1) is 20.6. The lowest BCUT2D eigenvalue weighted by molar-refractivity contribution is -0.0503. The predicted octanol–water partition coefficient (Wildman–Crippen LogP) is 3.21. The zero-order valence-corrected chi connectivity index (χ0v) is 16.2. The fraction of sp³-hybridized carbons (Fsp3) is 0.300. The number of alkyl halides is 2. The molecular weight excluding hydrogens is 413 g/mol. The second kappa shape index (κ2) is 9.02. The molecule has 162 valence electrons. The van der Waals surface area contributed by atoms with Crippen molar-refractivity contribution in [3.8, 4) is 11.4 Å². The summed E-state index contributed by atoms with van der Waals surface area (Å²) >= 11 is 0. The second-order valence-electron chi connectivity index (χ2n) is 7.05. The summed E-state index contributed by atoms with van der Waals surface area (Å²) in [7, 11) is 0. The molecule has 3 aromatic heterocycles. The zero-order chi connectivity index (χ0) is 21.8. The summed E-state index contributed by atoms with van der Waals surface area (Å²) in [6.45, 7) is -2.92. The Bertz CT molecular complexity index is 1080. The number of hydrogen-bond acceptors (Lipinski definition) is 7. The van der Waals surface area contributed by atoms with Crippen LogP contribution in [0.25, 0.3) is 5.69 Å². The molecule has 3 heterocycles. The van der Waals surface area contributed by atoms with Crippen LogP contribution in [0.1, 0.15) is 19.3 Å². The first-order valence-corrected chi connectivity index (χ1v) is 9.61. The van der Waals surface area contributed by atoms with Gasteiger partial charge < -0.3 is 15.4 Å². The zero-order valence-electron chi connectivity index (χ0n) is 16.2. The topological polar surface area (TPSA) is 94.0 Å². The molecule has 2 atom stereocenters. The van der Waals surface area contributed by atoms with Crippen LogP contribution in [0.4, 0.5) is 24.9 Å². The number of aromatic nitrogens is 4. The molecule has 0 aliphatic heterocycles. The van der Waals surface area contributed by atoms with Crippen LogP contribution in [0.15, 0.2) is 53.8 Å². The van der Waals surface area contributed by atoms with E-state index in [4.69, 9.17) is 0 Å². The Morgan fingerprint density at radius 1 is 1.03 bits per heavy atom. The van der Waals surface area contributed by atoms with E-state index in [0.29, 0.717) is 17.5 Å². The van der Waals surface area contributed by atoms with Gasteiger partial charge >= 0.3 is 6.61 Å². The Kier molecular flexibility index (Phi) is 6.01. The van der Waals surface area contributed by atoms with E-state index in [1.807, 2.05) is 0 Å². The summed E-state index contributed by atoms with van der Waals surface area (Å²) in [4.78, 5) is 24.2. The van der Waals surface area contributed by atoms with E-state index in [2.05, 4.69) is 30.3 Å². The lowest BCUT2D eigenvalue weighted by Gasteiger charge is -2.15. The Hall–Kier alpha value is -3.63. The van der Waals surface area contributed by atoms with Crippen molar-refractivity contribution in [3.63, 3.8) is 0 Å². The number of rotatable bonds is 7. The van der Waals surface area contributed by atoms with E-state index in [0.717, 1.165) is 25.3 Å². The average molecular weight is 432 g/mol. The SMILES string of the molecule is O=c1c(F)cccn1-c1ccc(N[C@H]2CC[C@H](Nc3ncc(OC(F)F)cn3)C2)nc1. The lowest BCUT2D eigenvalue weighted by atomic mass is 10.2. The van der Waals surface area contributed by atoms with E-state index in [9.17, 15) is 18.0 Å². The number of hydrogen-bond donors (Lipinski definition) is 2. The summed E-state index contributed by atoms with van der Waals surface area (Å²) < 4.78 is 43.2. The van der Waals surface area contributed by atoms with Gasteiger partial charge in [0, 0.05) is 18.3 Å². The highest BCUT2D eigenvalue weighted by molar-refractivity contribution is 5.42. The van der Waals surface area contributed by atoms with Crippen LogP contribution in [0.3, 0.4) is 0 Å². The summed E-state index contributed by atoms with van der Waals surface area (Å²) in [6.07, 6.45) is 7.92. The third-order valence-electron chi connectivity index (χ3n) is 4.90. The maximum absolute atomic E-state index is 13.5. The highest BCUT2D eigenvalue weighted by Crippen LogP contribution is 2.25. The molecule has 1 aliphatic rings. The van der Waals surface area contributed by atoms with Gasteiger partial charge in [-0.1, -0.05) is 0 Å². The Morgan fingerprint density at radius 2 is 1.77 bits per heavy atom. The summed E-state index contributed by atoms with van der Waals surface area (Å²) in [5.74, 6) is 0.0646. The maximum Gasteiger partial charge on any atom is 0.387 e. The minimum absolute atomic E-state index is 0.0958. The molecular formula is C20H19F3N6O2. The standard InChI is InChI=1S/C20H19F3N6O2/c21-16-2-1-7-29(18(16)30)14-5-6-17(24-9-14)27-12-3-4-13(8-12)28-20-25-10-15(11-26-20)31-19(22)23/h1-2,5-7,9-13,19H,3-4,8H2,(H,24,27)(H,25,26,28)/t12-,13-/m0/s1. The summed E-state index contributed by atoms with van der Waals surface area (Å²) in [5, 5.41) is 6.52. The van der Waals surface area contributed by atoms with Crippen molar-refractivity contribution in [2.75, 3.05) is 10.6 Å². The van der Waals surface area contributed by atoms with E-state index in [-0.39, 0.29) is 17.8 Å². The van der Waals surface area contributed by atoms with Crippen molar-refractivity contribution >= 4 is 11.8 Å². The Morgan fingerprint density at radius 3 is 2.45 bits per heavy atom. The van der Waals surface area contributed by atoms with E-state index >= 15 is 0 Å². The minimum Gasteiger partial charge on any atom is -0.432 e. The maximum atomic E-state index is 13.5. The normalized spacial score (nSPS) is 18.2. The quantitative estimate of drug-likeness (QED) is 0.592. The van der Waals surface area contributed by atoms with Crippen molar-refractivity contribution in [2.24, 2.45) is 0 Å². The molecule has 0 bridgehead atoms. The molecule has 0 amide bonds. The molecule has 2 N–H and O–H groups in total. The van der Waals surface area contributed by atoms with Crippen molar-refractivity contribution in [1.29, 1.82) is 0 Å². The molecule has 0 spiro atoms. The van der Waals surface area contributed by atoms with Gasteiger partial charge in [-0.15, -0.1) is 0 Å². The molecule has 1 fully saturated rings. The van der Waals surface area contributed by atoms with Gasteiger partial charge in [-0.25, -0.2) is 19.3 Å².